The average Bonchev–Trinajstić information content (AvgIpc) is 2.22. The van der Waals surface area contributed by atoms with Crippen LogP contribution in [0, 0.1) is 0 Å². The highest BCUT2D eigenvalue weighted by molar-refractivity contribution is 5.76. The molecule has 0 saturated carbocycles. The standard InChI is InChI=1S/C8H18N2O4/c1-14-7(3-9)2-8(13)10-4-6(12)5-11/h6-7,11-12H,2-5,9H2,1H3,(H,10,13). The Bertz CT molecular complexity index is 161. The molecule has 0 rings (SSSR count). The molecule has 2 atom stereocenters. The number of rotatable bonds is 7. The van der Waals surface area contributed by atoms with Crippen molar-refractivity contribution in [1.29, 1.82) is 0 Å². The van der Waals surface area contributed by atoms with Gasteiger partial charge in [0.15, 0.2) is 0 Å². The van der Waals surface area contributed by atoms with E-state index in [2.05, 4.69) is 5.32 Å². The monoisotopic (exact) mass is 206 g/mol. The molecule has 0 aromatic carbocycles. The normalized spacial score (nSPS) is 14.9. The summed E-state index contributed by atoms with van der Waals surface area (Å²) in [5, 5.41) is 19.9. The molecule has 0 aromatic rings. The lowest BCUT2D eigenvalue weighted by Gasteiger charge is -2.13. The van der Waals surface area contributed by atoms with Crippen LogP contribution in [0.3, 0.4) is 0 Å². The van der Waals surface area contributed by atoms with Crippen LogP contribution in [0.5, 0.6) is 0 Å². The number of nitrogens with two attached hydrogens (primary N) is 1. The van der Waals surface area contributed by atoms with Gasteiger partial charge in [-0.15, -0.1) is 0 Å². The molecule has 0 aromatic heterocycles. The largest absolute Gasteiger partial charge is 0.394 e. The van der Waals surface area contributed by atoms with Gasteiger partial charge in [0.2, 0.25) is 5.91 Å². The lowest BCUT2D eigenvalue weighted by molar-refractivity contribution is -0.123. The van der Waals surface area contributed by atoms with Gasteiger partial charge in [0, 0.05) is 20.2 Å². The molecule has 2 unspecified atom stereocenters. The maximum absolute atomic E-state index is 11.2. The summed E-state index contributed by atoms with van der Waals surface area (Å²) in [5.74, 6) is -0.255. The van der Waals surface area contributed by atoms with Crippen LogP contribution in [-0.2, 0) is 9.53 Å². The van der Waals surface area contributed by atoms with Gasteiger partial charge in [-0.2, -0.15) is 0 Å². The average molecular weight is 206 g/mol. The summed E-state index contributed by atoms with van der Waals surface area (Å²) in [7, 11) is 1.48. The predicted octanol–water partition coefficient (Wildman–Crippen LogP) is -2.18. The van der Waals surface area contributed by atoms with Crippen LogP contribution in [0.2, 0.25) is 0 Å². The van der Waals surface area contributed by atoms with Gasteiger partial charge in [0.25, 0.3) is 0 Å². The second-order valence-electron chi connectivity index (χ2n) is 2.94. The first-order valence-electron chi connectivity index (χ1n) is 4.42. The molecule has 0 aliphatic heterocycles. The van der Waals surface area contributed by atoms with Crippen molar-refractivity contribution in [2.24, 2.45) is 5.73 Å². The van der Waals surface area contributed by atoms with E-state index in [4.69, 9.17) is 20.7 Å². The number of methoxy groups -OCH3 is 1. The third-order valence-electron chi connectivity index (χ3n) is 1.75. The second-order valence-corrected chi connectivity index (χ2v) is 2.94. The van der Waals surface area contributed by atoms with Gasteiger partial charge in [-0.25, -0.2) is 0 Å². The molecule has 1 amide bonds. The molecular formula is C8H18N2O4. The van der Waals surface area contributed by atoms with Crippen molar-refractivity contribution in [2.75, 3.05) is 26.8 Å². The minimum Gasteiger partial charge on any atom is -0.394 e. The summed E-state index contributed by atoms with van der Waals surface area (Å²) >= 11 is 0. The minimum atomic E-state index is -0.919. The Morgan fingerprint density at radius 3 is 2.71 bits per heavy atom. The van der Waals surface area contributed by atoms with Gasteiger partial charge in [0.1, 0.15) is 0 Å². The zero-order chi connectivity index (χ0) is 11.0. The van der Waals surface area contributed by atoms with E-state index >= 15 is 0 Å². The number of carbonyl (C=O) groups excluding carboxylic acids is 1. The molecule has 0 spiro atoms. The molecule has 6 nitrogen and oxygen atoms in total. The summed E-state index contributed by atoms with van der Waals surface area (Å²) in [5.41, 5.74) is 5.32. The number of aliphatic hydroxyl groups excluding tert-OH is 2. The quantitative estimate of drug-likeness (QED) is 0.379. The van der Waals surface area contributed by atoms with E-state index in [0.717, 1.165) is 0 Å². The minimum absolute atomic E-state index is 0.0380. The Balaban J connectivity index is 3.64. The maximum atomic E-state index is 11.2. The fourth-order valence-corrected chi connectivity index (χ4v) is 0.838. The van der Waals surface area contributed by atoms with Crippen molar-refractivity contribution in [3.63, 3.8) is 0 Å². The first-order chi connectivity index (χ1) is 6.63. The first kappa shape index (κ1) is 13.3. The Morgan fingerprint density at radius 1 is 1.64 bits per heavy atom. The van der Waals surface area contributed by atoms with Crippen LogP contribution in [0.15, 0.2) is 0 Å². The van der Waals surface area contributed by atoms with Gasteiger partial charge in [-0.05, 0) is 0 Å². The van der Waals surface area contributed by atoms with Crippen molar-refractivity contribution in [3.05, 3.63) is 0 Å². The molecule has 0 aliphatic rings. The summed E-state index contributed by atoms with van der Waals surface area (Å²) in [6.07, 6.45) is -1.07. The molecular weight excluding hydrogens is 188 g/mol. The predicted molar refractivity (Wildman–Crippen MR) is 50.6 cm³/mol. The van der Waals surface area contributed by atoms with Gasteiger partial charge >= 0.3 is 0 Å². The highest BCUT2D eigenvalue weighted by Crippen LogP contribution is 1.94. The molecule has 0 fully saturated rings. The molecule has 84 valence electrons. The van der Waals surface area contributed by atoms with Crippen LogP contribution in [0.25, 0.3) is 0 Å². The smallest absolute Gasteiger partial charge is 0.222 e. The number of amides is 1. The Kier molecular flexibility index (Phi) is 7.31. The van der Waals surface area contributed by atoms with E-state index in [-0.39, 0.29) is 38.1 Å². The van der Waals surface area contributed by atoms with Gasteiger partial charge in [-0.3, -0.25) is 4.79 Å². The molecule has 0 heterocycles. The van der Waals surface area contributed by atoms with Crippen LogP contribution >= 0.6 is 0 Å². The van der Waals surface area contributed by atoms with Crippen molar-refractivity contribution in [1.82, 2.24) is 5.32 Å². The number of carbonyl (C=O) groups is 1. The first-order valence-corrected chi connectivity index (χ1v) is 4.42. The number of ether oxygens (including phenoxy) is 1. The molecule has 0 aliphatic carbocycles. The lowest BCUT2D eigenvalue weighted by Crippen LogP contribution is -2.37. The zero-order valence-electron chi connectivity index (χ0n) is 8.27. The third kappa shape index (κ3) is 5.87. The van der Waals surface area contributed by atoms with E-state index in [1.54, 1.807) is 0 Å². The van der Waals surface area contributed by atoms with Crippen molar-refractivity contribution in [3.8, 4) is 0 Å². The lowest BCUT2D eigenvalue weighted by atomic mass is 10.2. The molecule has 6 heteroatoms. The molecule has 0 bridgehead atoms. The molecule has 5 N–H and O–H groups in total. The van der Waals surface area contributed by atoms with Crippen LogP contribution < -0.4 is 11.1 Å². The van der Waals surface area contributed by atoms with Crippen molar-refractivity contribution < 1.29 is 19.7 Å². The fraction of sp³-hybridized carbons (Fsp3) is 0.875. The second kappa shape index (κ2) is 7.69. The van der Waals surface area contributed by atoms with Crippen molar-refractivity contribution >= 4 is 5.91 Å². The highest BCUT2D eigenvalue weighted by atomic mass is 16.5. The van der Waals surface area contributed by atoms with Gasteiger partial charge < -0.3 is 26.0 Å². The third-order valence-corrected chi connectivity index (χ3v) is 1.75. The number of hydrogen-bond acceptors (Lipinski definition) is 5. The van der Waals surface area contributed by atoms with E-state index in [9.17, 15) is 4.79 Å². The fourth-order valence-electron chi connectivity index (χ4n) is 0.838. The molecule has 0 saturated heterocycles. The van der Waals surface area contributed by atoms with Crippen LogP contribution in [0.1, 0.15) is 6.42 Å². The Hall–Kier alpha value is -0.690. The number of aliphatic hydroxyl groups is 2. The van der Waals surface area contributed by atoms with Crippen molar-refractivity contribution in [2.45, 2.75) is 18.6 Å². The highest BCUT2D eigenvalue weighted by Gasteiger charge is 2.12. The van der Waals surface area contributed by atoms with Gasteiger partial charge in [0.05, 0.1) is 25.2 Å². The number of nitrogens with one attached hydrogen (secondary N) is 1. The topological polar surface area (TPSA) is 105 Å². The van der Waals surface area contributed by atoms with Gasteiger partial charge in [-0.1, -0.05) is 0 Å². The molecule has 0 radical (unpaired) electrons. The van der Waals surface area contributed by atoms with E-state index < -0.39 is 6.10 Å². The van der Waals surface area contributed by atoms with Crippen LogP contribution in [-0.4, -0.2) is 55.1 Å². The van der Waals surface area contributed by atoms with E-state index in [1.807, 2.05) is 0 Å². The van der Waals surface area contributed by atoms with Crippen LogP contribution in [0.4, 0.5) is 0 Å². The Labute approximate surface area is 83.0 Å². The summed E-state index contributed by atoms with van der Waals surface area (Å²) in [6, 6.07) is 0. The zero-order valence-corrected chi connectivity index (χ0v) is 8.27. The van der Waals surface area contributed by atoms with E-state index in [1.165, 1.54) is 7.11 Å². The SMILES string of the molecule is COC(CN)CC(=O)NCC(O)CO. The summed E-state index contributed by atoms with van der Waals surface area (Å²) < 4.78 is 4.91. The number of hydrogen-bond donors (Lipinski definition) is 4. The summed E-state index contributed by atoms with van der Waals surface area (Å²) in [4.78, 5) is 11.2. The maximum Gasteiger partial charge on any atom is 0.222 e. The Morgan fingerprint density at radius 2 is 2.29 bits per heavy atom. The summed E-state index contributed by atoms with van der Waals surface area (Å²) in [6.45, 7) is -0.0618. The molecule has 14 heavy (non-hydrogen) atoms. The van der Waals surface area contributed by atoms with E-state index in [0.29, 0.717) is 0 Å².